The lowest BCUT2D eigenvalue weighted by Crippen LogP contribution is -1.97. The average Bonchev–Trinajstić information content (AvgIpc) is 2.36. The minimum Gasteiger partial charge on any atom is -0.496 e. The summed E-state index contributed by atoms with van der Waals surface area (Å²) < 4.78 is 5.19. The molecular formula is C14H11NO2. The third-order valence-corrected chi connectivity index (χ3v) is 2.67. The monoisotopic (exact) mass is 225 g/mol. The van der Waals surface area contributed by atoms with E-state index >= 15 is 0 Å². The highest BCUT2D eigenvalue weighted by molar-refractivity contribution is 6.01. The fourth-order valence-electron chi connectivity index (χ4n) is 1.79. The second-order valence-corrected chi connectivity index (χ2v) is 3.78. The van der Waals surface area contributed by atoms with Gasteiger partial charge in [-0.3, -0.25) is 4.79 Å². The van der Waals surface area contributed by atoms with Crippen LogP contribution in [-0.2, 0) is 0 Å². The highest BCUT2D eigenvalue weighted by Crippen LogP contribution is 2.27. The zero-order chi connectivity index (χ0) is 12.4. The number of methoxy groups -OCH3 is 1. The van der Waals surface area contributed by atoms with Gasteiger partial charge in [0.2, 0.25) is 0 Å². The van der Waals surface area contributed by atoms with Crippen molar-refractivity contribution in [1.29, 1.82) is 5.26 Å². The lowest BCUT2D eigenvalue weighted by molar-refractivity contribution is 0.101. The largest absolute Gasteiger partial charge is 0.496 e. The smallest absolute Gasteiger partial charge is 0.163 e. The van der Waals surface area contributed by atoms with Crippen LogP contribution in [0.4, 0.5) is 0 Å². The van der Waals surface area contributed by atoms with E-state index in [9.17, 15) is 4.79 Å². The maximum Gasteiger partial charge on any atom is 0.163 e. The van der Waals surface area contributed by atoms with Gasteiger partial charge in [-0.1, -0.05) is 6.07 Å². The van der Waals surface area contributed by atoms with Gasteiger partial charge in [0.05, 0.1) is 24.3 Å². The van der Waals surface area contributed by atoms with Crippen LogP contribution in [0.3, 0.4) is 0 Å². The standard InChI is InChI=1S/C14H11NO2/c1-9(16)13-6-12-5-10(8-15)3-4-11(12)7-14(13)17-2/h3-7H,1-2H3. The summed E-state index contributed by atoms with van der Waals surface area (Å²) in [6, 6.07) is 11.0. The molecule has 0 spiro atoms. The predicted molar refractivity (Wildman–Crippen MR) is 65.2 cm³/mol. The van der Waals surface area contributed by atoms with Gasteiger partial charge in [0.25, 0.3) is 0 Å². The first-order valence-corrected chi connectivity index (χ1v) is 5.18. The SMILES string of the molecule is COc1cc2ccc(C#N)cc2cc1C(C)=O. The van der Waals surface area contributed by atoms with Crippen LogP contribution in [0.1, 0.15) is 22.8 Å². The van der Waals surface area contributed by atoms with Crippen molar-refractivity contribution < 1.29 is 9.53 Å². The molecule has 0 saturated carbocycles. The van der Waals surface area contributed by atoms with Crippen LogP contribution in [0.2, 0.25) is 0 Å². The summed E-state index contributed by atoms with van der Waals surface area (Å²) in [7, 11) is 1.54. The first kappa shape index (κ1) is 11.2. The number of hydrogen-bond donors (Lipinski definition) is 0. The van der Waals surface area contributed by atoms with Crippen LogP contribution in [0.25, 0.3) is 10.8 Å². The van der Waals surface area contributed by atoms with E-state index in [1.807, 2.05) is 12.1 Å². The number of nitrogens with zero attached hydrogens (tertiary/aromatic N) is 1. The molecule has 0 aliphatic heterocycles. The Labute approximate surface area is 99.2 Å². The molecular weight excluding hydrogens is 214 g/mol. The van der Waals surface area contributed by atoms with Crippen LogP contribution >= 0.6 is 0 Å². The van der Waals surface area contributed by atoms with Gasteiger partial charge in [0.15, 0.2) is 5.78 Å². The quantitative estimate of drug-likeness (QED) is 0.738. The van der Waals surface area contributed by atoms with Crippen LogP contribution in [0, 0.1) is 11.3 Å². The summed E-state index contributed by atoms with van der Waals surface area (Å²) in [6.45, 7) is 1.50. The zero-order valence-electron chi connectivity index (χ0n) is 9.65. The van der Waals surface area contributed by atoms with Gasteiger partial charge >= 0.3 is 0 Å². The van der Waals surface area contributed by atoms with Gasteiger partial charge in [-0.05, 0) is 42.0 Å². The summed E-state index contributed by atoms with van der Waals surface area (Å²) in [4.78, 5) is 11.5. The molecule has 0 atom stereocenters. The molecule has 17 heavy (non-hydrogen) atoms. The molecule has 3 heteroatoms. The number of hydrogen-bond acceptors (Lipinski definition) is 3. The highest BCUT2D eigenvalue weighted by Gasteiger charge is 2.09. The molecule has 0 aliphatic carbocycles. The molecule has 0 aliphatic rings. The molecule has 0 bridgehead atoms. The summed E-state index contributed by atoms with van der Waals surface area (Å²) in [5.41, 5.74) is 1.12. The third kappa shape index (κ3) is 1.98. The minimum atomic E-state index is -0.0499. The number of carbonyl (C=O) groups excluding carboxylic acids is 1. The Balaban J connectivity index is 2.75. The number of rotatable bonds is 2. The van der Waals surface area contributed by atoms with Crippen molar-refractivity contribution in [3.8, 4) is 11.8 Å². The number of ether oxygens (including phenoxy) is 1. The van der Waals surface area contributed by atoms with Crippen molar-refractivity contribution in [3.63, 3.8) is 0 Å². The van der Waals surface area contributed by atoms with Crippen LogP contribution in [-0.4, -0.2) is 12.9 Å². The maximum atomic E-state index is 11.5. The Hall–Kier alpha value is -2.34. The van der Waals surface area contributed by atoms with E-state index in [4.69, 9.17) is 10.00 Å². The molecule has 2 rings (SSSR count). The van der Waals surface area contributed by atoms with Crippen LogP contribution in [0.15, 0.2) is 30.3 Å². The first-order valence-electron chi connectivity index (χ1n) is 5.18. The normalized spacial score (nSPS) is 9.94. The number of Topliss-reactive ketones (excluding diaryl/α,β-unsaturated/α-hetero) is 1. The number of carbonyl (C=O) groups is 1. The van der Waals surface area contributed by atoms with Crippen LogP contribution < -0.4 is 4.74 Å². The van der Waals surface area contributed by atoms with Gasteiger partial charge < -0.3 is 4.74 Å². The molecule has 3 nitrogen and oxygen atoms in total. The number of nitriles is 1. The van der Waals surface area contributed by atoms with Crippen molar-refractivity contribution in [2.24, 2.45) is 0 Å². The Kier molecular flexibility index (Phi) is 2.80. The third-order valence-electron chi connectivity index (χ3n) is 2.67. The Morgan fingerprint density at radius 3 is 2.59 bits per heavy atom. The molecule has 0 aromatic heterocycles. The van der Waals surface area contributed by atoms with E-state index in [1.54, 1.807) is 18.2 Å². The lowest BCUT2D eigenvalue weighted by Gasteiger charge is -2.08. The van der Waals surface area contributed by atoms with Gasteiger partial charge in [-0.2, -0.15) is 5.26 Å². The van der Waals surface area contributed by atoms with E-state index in [0.717, 1.165) is 10.8 Å². The van der Waals surface area contributed by atoms with Gasteiger partial charge in [0.1, 0.15) is 5.75 Å². The molecule has 0 heterocycles. The zero-order valence-corrected chi connectivity index (χ0v) is 9.65. The van der Waals surface area contributed by atoms with Gasteiger partial charge in [0, 0.05) is 0 Å². The molecule has 0 saturated heterocycles. The molecule has 0 unspecified atom stereocenters. The Morgan fingerprint density at radius 1 is 1.24 bits per heavy atom. The Morgan fingerprint density at radius 2 is 2.00 bits per heavy atom. The molecule has 0 amide bonds. The Bertz CT molecular complexity index is 638. The maximum absolute atomic E-state index is 11.5. The fourth-order valence-corrected chi connectivity index (χ4v) is 1.79. The summed E-state index contributed by atoms with van der Waals surface area (Å²) in [6.07, 6.45) is 0. The number of ketones is 1. The molecule has 0 fully saturated rings. The molecule has 0 N–H and O–H groups in total. The first-order chi connectivity index (χ1) is 8.15. The van der Waals surface area contributed by atoms with Crippen molar-refractivity contribution >= 4 is 16.6 Å². The van der Waals surface area contributed by atoms with Crippen molar-refractivity contribution in [2.45, 2.75) is 6.92 Å². The van der Waals surface area contributed by atoms with E-state index in [-0.39, 0.29) is 5.78 Å². The second-order valence-electron chi connectivity index (χ2n) is 3.78. The van der Waals surface area contributed by atoms with Crippen LogP contribution in [0.5, 0.6) is 5.75 Å². The summed E-state index contributed by atoms with van der Waals surface area (Å²) in [5, 5.41) is 10.7. The van der Waals surface area contributed by atoms with E-state index in [1.165, 1.54) is 14.0 Å². The van der Waals surface area contributed by atoms with E-state index in [0.29, 0.717) is 16.9 Å². The van der Waals surface area contributed by atoms with Gasteiger partial charge in [-0.25, -0.2) is 0 Å². The molecule has 2 aromatic rings. The highest BCUT2D eigenvalue weighted by atomic mass is 16.5. The number of fused-ring (bicyclic) bond motifs is 1. The van der Waals surface area contributed by atoms with Crippen molar-refractivity contribution in [2.75, 3.05) is 7.11 Å². The van der Waals surface area contributed by atoms with E-state index < -0.39 is 0 Å². The van der Waals surface area contributed by atoms with E-state index in [2.05, 4.69) is 6.07 Å². The molecule has 84 valence electrons. The summed E-state index contributed by atoms with van der Waals surface area (Å²) >= 11 is 0. The van der Waals surface area contributed by atoms with Crippen molar-refractivity contribution in [1.82, 2.24) is 0 Å². The predicted octanol–water partition coefficient (Wildman–Crippen LogP) is 2.92. The lowest BCUT2D eigenvalue weighted by atomic mass is 10.0. The average molecular weight is 225 g/mol. The molecule has 2 aromatic carbocycles. The fraction of sp³-hybridized carbons (Fsp3) is 0.143. The van der Waals surface area contributed by atoms with Gasteiger partial charge in [-0.15, -0.1) is 0 Å². The number of benzene rings is 2. The minimum absolute atomic E-state index is 0.0499. The molecule has 0 radical (unpaired) electrons. The van der Waals surface area contributed by atoms with Crippen molar-refractivity contribution in [3.05, 3.63) is 41.5 Å². The topological polar surface area (TPSA) is 50.1 Å². The summed E-state index contributed by atoms with van der Waals surface area (Å²) in [5.74, 6) is 0.515. The second kappa shape index (κ2) is 4.26.